The number of carbonyl (C=O) groups is 1. The number of amides is 1. The molecule has 0 spiro atoms. The molecule has 1 aromatic rings. The molecule has 4 nitrogen and oxygen atoms in total. The minimum Gasteiger partial charge on any atom is -0.494 e. The average molecular weight is 404 g/mol. The average Bonchev–Trinajstić information content (AvgIpc) is 2.83. The molecule has 0 saturated carbocycles. The van der Waals surface area contributed by atoms with Gasteiger partial charge in [-0.05, 0) is 50.3 Å². The Morgan fingerprint density at radius 2 is 2.04 bits per heavy atom. The molecule has 0 aromatic heterocycles. The van der Waals surface area contributed by atoms with Crippen molar-refractivity contribution in [3.8, 4) is 5.75 Å². The first-order chi connectivity index (χ1) is 10.7. The second-order valence-corrected chi connectivity index (χ2v) is 7.20. The zero-order chi connectivity index (χ0) is 15.4. The van der Waals surface area contributed by atoms with Gasteiger partial charge < -0.3 is 15.4 Å². The highest BCUT2D eigenvalue weighted by Gasteiger charge is 2.33. The number of hydrogen-bond donors (Lipinski definition) is 2. The molecule has 3 rings (SSSR count). The molecular formula is C17H24BrClN2O2. The van der Waals surface area contributed by atoms with Gasteiger partial charge in [0.05, 0.1) is 6.61 Å². The summed E-state index contributed by atoms with van der Waals surface area (Å²) in [6, 6.07) is 9.36. The zero-order valence-electron chi connectivity index (χ0n) is 13.1. The monoisotopic (exact) mass is 402 g/mol. The number of halogens is 2. The first-order valence-electron chi connectivity index (χ1n) is 8.13. The van der Waals surface area contributed by atoms with Gasteiger partial charge in [-0.25, -0.2) is 0 Å². The van der Waals surface area contributed by atoms with Crippen molar-refractivity contribution >= 4 is 34.2 Å². The summed E-state index contributed by atoms with van der Waals surface area (Å²) in [6.07, 6.45) is 5.96. The molecule has 2 aliphatic rings. The first-order valence-corrected chi connectivity index (χ1v) is 8.92. The van der Waals surface area contributed by atoms with E-state index >= 15 is 0 Å². The lowest BCUT2D eigenvalue weighted by atomic mass is 9.99. The van der Waals surface area contributed by atoms with Crippen LogP contribution in [0.5, 0.6) is 5.75 Å². The van der Waals surface area contributed by atoms with E-state index in [4.69, 9.17) is 4.74 Å². The predicted octanol–water partition coefficient (Wildman–Crippen LogP) is 3.43. The van der Waals surface area contributed by atoms with Crippen LogP contribution in [0.15, 0.2) is 28.7 Å². The van der Waals surface area contributed by atoms with Crippen molar-refractivity contribution in [1.29, 1.82) is 0 Å². The molecule has 0 radical (unpaired) electrons. The lowest BCUT2D eigenvalue weighted by Crippen LogP contribution is -2.48. The van der Waals surface area contributed by atoms with E-state index in [1.165, 1.54) is 12.8 Å². The number of hydrogen-bond acceptors (Lipinski definition) is 3. The fourth-order valence-corrected chi connectivity index (χ4v) is 3.83. The smallest absolute Gasteiger partial charge is 0.220 e. The van der Waals surface area contributed by atoms with E-state index in [1.54, 1.807) is 0 Å². The van der Waals surface area contributed by atoms with Crippen molar-refractivity contribution in [2.75, 3.05) is 6.61 Å². The summed E-state index contributed by atoms with van der Waals surface area (Å²) < 4.78 is 6.65. The van der Waals surface area contributed by atoms with Crippen LogP contribution in [0.3, 0.4) is 0 Å². The molecule has 128 valence electrons. The van der Waals surface area contributed by atoms with Crippen LogP contribution in [-0.4, -0.2) is 30.6 Å². The van der Waals surface area contributed by atoms with Crippen LogP contribution in [0, 0.1) is 0 Å². The third-order valence-electron chi connectivity index (χ3n) is 4.45. The molecule has 6 heteroatoms. The van der Waals surface area contributed by atoms with E-state index in [2.05, 4.69) is 26.6 Å². The Bertz CT molecular complexity index is 517. The second kappa shape index (κ2) is 8.90. The largest absolute Gasteiger partial charge is 0.494 e. The summed E-state index contributed by atoms with van der Waals surface area (Å²) in [6.45, 7) is 0.571. The Balaban J connectivity index is 0.00000192. The van der Waals surface area contributed by atoms with Crippen LogP contribution in [0.4, 0.5) is 0 Å². The number of benzene rings is 1. The maximum absolute atomic E-state index is 12.0. The van der Waals surface area contributed by atoms with E-state index in [0.29, 0.717) is 31.2 Å². The fraction of sp³-hybridized carbons (Fsp3) is 0.588. The minimum absolute atomic E-state index is 0. The maximum atomic E-state index is 12.0. The van der Waals surface area contributed by atoms with E-state index in [9.17, 15) is 4.79 Å². The molecular weight excluding hydrogens is 380 g/mol. The summed E-state index contributed by atoms with van der Waals surface area (Å²) in [5.41, 5.74) is 0. The molecule has 2 fully saturated rings. The fourth-order valence-electron chi connectivity index (χ4n) is 3.45. The highest BCUT2D eigenvalue weighted by molar-refractivity contribution is 9.10. The van der Waals surface area contributed by atoms with Gasteiger partial charge in [-0.2, -0.15) is 0 Å². The lowest BCUT2D eigenvalue weighted by molar-refractivity contribution is -0.122. The van der Waals surface area contributed by atoms with Gasteiger partial charge in [-0.1, -0.05) is 22.0 Å². The number of nitrogens with one attached hydrogen (secondary N) is 2. The van der Waals surface area contributed by atoms with E-state index in [0.717, 1.165) is 29.5 Å². The van der Waals surface area contributed by atoms with Gasteiger partial charge in [0.2, 0.25) is 5.91 Å². The summed E-state index contributed by atoms with van der Waals surface area (Å²) in [5.74, 6) is 0.994. The van der Waals surface area contributed by atoms with Crippen molar-refractivity contribution in [2.45, 2.75) is 56.7 Å². The minimum atomic E-state index is 0. The Kier molecular flexibility index (Phi) is 7.18. The quantitative estimate of drug-likeness (QED) is 0.716. The number of carbonyl (C=O) groups excluding carboxylic acids is 1. The highest BCUT2D eigenvalue weighted by atomic mass is 79.9. The van der Waals surface area contributed by atoms with E-state index in [-0.39, 0.29) is 18.3 Å². The van der Waals surface area contributed by atoms with Crippen molar-refractivity contribution in [1.82, 2.24) is 10.6 Å². The molecule has 2 atom stereocenters. The van der Waals surface area contributed by atoms with E-state index in [1.807, 2.05) is 24.3 Å². The third kappa shape index (κ3) is 5.66. The lowest BCUT2D eigenvalue weighted by Gasteiger charge is -2.29. The highest BCUT2D eigenvalue weighted by Crippen LogP contribution is 2.26. The molecule has 2 bridgehead atoms. The molecule has 1 aromatic carbocycles. The van der Waals surface area contributed by atoms with Gasteiger partial charge >= 0.3 is 0 Å². The predicted molar refractivity (Wildman–Crippen MR) is 97.2 cm³/mol. The van der Waals surface area contributed by atoms with Gasteiger partial charge in [-0.15, -0.1) is 12.4 Å². The standard InChI is InChI=1S/C17H23BrN2O2.ClH/c18-12-3-1-4-16(9-12)22-8-2-5-17(21)20-15-10-13-6-7-14(11-15)19-13;/h1,3-4,9,13-15,19H,2,5-8,10-11H2,(H,20,21);1H. The molecule has 0 aliphatic carbocycles. The molecule has 2 N–H and O–H groups in total. The molecule has 2 saturated heterocycles. The van der Waals surface area contributed by atoms with Crippen LogP contribution in [0.25, 0.3) is 0 Å². The number of fused-ring (bicyclic) bond motifs is 2. The summed E-state index contributed by atoms with van der Waals surface area (Å²) in [5, 5.41) is 6.78. The Morgan fingerprint density at radius 1 is 1.30 bits per heavy atom. The van der Waals surface area contributed by atoms with Crippen molar-refractivity contribution in [2.24, 2.45) is 0 Å². The van der Waals surface area contributed by atoms with Crippen LogP contribution in [-0.2, 0) is 4.79 Å². The molecule has 2 heterocycles. The molecule has 2 unspecified atom stereocenters. The van der Waals surface area contributed by atoms with Crippen LogP contribution >= 0.6 is 28.3 Å². The SMILES string of the molecule is Cl.O=C(CCCOc1cccc(Br)c1)NC1CC2CCC(C1)N2. The zero-order valence-corrected chi connectivity index (χ0v) is 15.5. The van der Waals surface area contributed by atoms with Gasteiger partial charge in [-0.3, -0.25) is 4.79 Å². The second-order valence-electron chi connectivity index (χ2n) is 6.28. The topological polar surface area (TPSA) is 50.4 Å². The van der Waals surface area contributed by atoms with Crippen molar-refractivity contribution in [3.05, 3.63) is 28.7 Å². The van der Waals surface area contributed by atoms with Gasteiger partial charge in [0.25, 0.3) is 0 Å². The third-order valence-corrected chi connectivity index (χ3v) is 4.94. The summed E-state index contributed by atoms with van der Waals surface area (Å²) >= 11 is 3.42. The van der Waals surface area contributed by atoms with Gasteiger partial charge in [0, 0.05) is 29.0 Å². The van der Waals surface area contributed by atoms with Gasteiger partial charge in [0.1, 0.15) is 5.75 Å². The van der Waals surface area contributed by atoms with Crippen LogP contribution < -0.4 is 15.4 Å². The molecule has 23 heavy (non-hydrogen) atoms. The Hall–Kier alpha value is -0.780. The van der Waals surface area contributed by atoms with Crippen molar-refractivity contribution in [3.63, 3.8) is 0 Å². The maximum Gasteiger partial charge on any atom is 0.220 e. The Labute approximate surface area is 152 Å². The first kappa shape index (κ1) is 18.6. The molecule has 2 aliphatic heterocycles. The van der Waals surface area contributed by atoms with E-state index < -0.39 is 0 Å². The summed E-state index contributed by atoms with van der Waals surface area (Å²) in [7, 11) is 0. The number of rotatable bonds is 6. The number of ether oxygens (including phenoxy) is 1. The van der Waals surface area contributed by atoms with Gasteiger partial charge in [0.15, 0.2) is 0 Å². The van der Waals surface area contributed by atoms with Crippen molar-refractivity contribution < 1.29 is 9.53 Å². The normalized spacial score (nSPS) is 25.5. The van der Waals surface area contributed by atoms with Crippen LogP contribution in [0.2, 0.25) is 0 Å². The number of piperidine rings is 1. The summed E-state index contributed by atoms with van der Waals surface area (Å²) in [4.78, 5) is 12.0. The Morgan fingerprint density at radius 3 is 2.74 bits per heavy atom. The molecule has 1 amide bonds. The van der Waals surface area contributed by atoms with Crippen LogP contribution in [0.1, 0.15) is 38.5 Å².